The van der Waals surface area contributed by atoms with E-state index < -0.39 is 5.54 Å². The number of nitrogens with zero attached hydrogens (tertiary/aromatic N) is 1. The van der Waals surface area contributed by atoms with E-state index in [-0.39, 0.29) is 29.0 Å². The molecule has 25 heavy (non-hydrogen) atoms. The minimum atomic E-state index is -0.965. The fraction of sp³-hybridized carbons (Fsp3) is 0.368. The molecule has 1 fully saturated rings. The van der Waals surface area contributed by atoms with Crippen molar-refractivity contribution in [1.82, 2.24) is 9.88 Å². The third-order valence-corrected chi connectivity index (χ3v) is 6.39. The molecule has 6 heteroatoms. The van der Waals surface area contributed by atoms with Gasteiger partial charge in [-0.15, -0.1) is 0 Å². The molecule has 0 radical (unpaired) electrons. The maximum absolute atomic E-state index is 13.1. The average Bonchev–Trinajstić information content (AvgIpc) is 3.18. The molecule has 2 heterocycles. The van der Waals surface area contributed by atoms with Crippen molar-refractivity contribution in [3.05, 3.63) is 48.2 Å². The second-order valence-electron chi connectivity index (χ2n) is 6.72. The lowest BCUT2D eigenvalue weighted by molar-refractivity contribution is -0.155. The summed E-state index contributed by atoms with van der Waals surface area (Å²) in [6.45, 7) is 0.555. The Morgan fingerprint density at radius 1 is 1.40 bits per heavy atom. The fourth-order valence-corrected chi connectivity index (χ4v) is 4.56. The molecule has 2 aromatic rings. The largest absolute Gasteiger partial charge is 0.467 e. The van der Waals surface area contributed by atoms with Gasteiger partial charge in [-0.05, 0) is 24.0 Å². The Kier molecular flexibility index (Phi) is 3.95. The summed E-state index contributed by atoms with van der Waals surface area (Å²) in [6.07, 6.45) is 6.53. The number of aromatic nitrogens is 1. The summed E-state index contributed by atoms with van der Waals surface area (Å²) in [5.74, 6) is -0.196. The summed E-state index contributed by atoms with van der Waals surface area (Å²) in [5, 5.41) is 1.04. The van der Waals surface area contributed by atoms with Gasteiger partial charge in [0, 0.05) is 28.5 Å². The summed E-state index contributed by atoms with van der Waals surface area (Å²) < 4.78 is 5.03. The highest BCUT2D eigenvalue weighted by Gasteiger charge is 2.55. The van der Waals surface area contributed by atoms with Gasteiger partial charge in [0.05, 0.1) is 13.5 Å². The topological polar surface area (TPSA) is 62.4 Å². The van der Waals surface area contributed by atoms with E-state index in [0.29, 0.717) is 13.0 Å². The number of allylic oxidation sites excluding steroid dienone is 1. The van der Waals surface area contributed by atoms with Gasteiger partial charge in [-0.2, -0.15) is 0 Å². The van der Waals surface area contributed by atoms with E-state index >= 15 is 0 Å². The first-order valence-electron chi connectivity index (χ1n) is 8.32. The van der Waals surface area contributed by atoms with Gasteiger partial charge in [0.1, 0.15) is 0 Å². The van der Waals surface area contributed by atoms with Crippen molar-refractivity contribution >= 4 is 38.7 Å². The second-order valence-corrected chi connectivity index (χ2v) is 7.78. The lowest BCUT2D eigenvalue weighted by atomic mass is 9.85. The Morgan fingerprint density at radius 2 is 2.20 bits per heavy atom. The summed E-state index contributed by atoms with van der Waals surface area (Å²) in [6, 6.07) is 7.91. The maximum Gasteiger partial charge on any atom is 0.335 e. The lowest BCUT2D eigenvalue weighted by Crippen LogP contribution is -2.52. The molecule has 0 unspecified atom stereocenters. The molecule has 1 saturated heterocycles. The van der Waals surface area contributed by atoms with Crippen molar-refractivity contribution in [2.45, 2.75) is 23.2 Å². The van der Waals surface area contributed by atoms with E-state index in [1.807, 2.05) is 42.6 Å². The number of halogens is 1. The van der Waals surface area contributed by atoms with E-state index in [0.717, 1.165) is 16.5 Å². The minimum absolute atomic E-state index is 0.0519. The number of hydrogen-bond donors (Lipinski definition) is 1. The van der Waals surface area contributed by atoms with Gasteiger partial charge in [0.2, 0.25) is 5.91 Å². The highest BCUT2D eigenvalue weighted by molar-refractivity contribution is 9.09. The molecular weight excluding hydrogens is 384 g/mol. The van der Waals surface area contributed by atoms with Crippen molar-refractivity contribution in [1.29, 1.82) is 0 Å². The van der Waals surface area contributed by atoms with Crippen LogP contribution in [0, 0.1) is 5.92 Å². The molecule has 1 aromatic carbocycles. The van der Waals surface area contributed by atoms with Crippen LogP contribution in [0.5, 0.6) is 0 Å². The van der Waals surface area contributed by atoms with Gasteiger partial charge in [-0.1, -0.05) is 46.3 Å². The first-order valence-corrected chi connectivity index (χ1v) is 9.24. The zero-order chi connectivity index (χ0) is 17.6. The number of fused-ring (bicyclic) bond motifs is 3. The number of rotatable bonds is 3. The number of ether oxygens (including phenoxy) is 1. The Bertz CT molecular complexity index is 874. The number of methoxy groups -OCH3 is 1. The number of benzene rings is 1. The molecule has 0 saturated carbocycles. The van der Waals surface area contributed by atoms with Crippen molar-refractivity contribution in [3.8, 4) is 0 Å². The molecule has 3 atom stereocenters. The number of esters is 1. The number of hydrogen-bond acceptors (Lipinski definition) is 3. The normalized spacial score (nSPS) is 27.7. The highest BCUT2D eigenvalue weighted by atomic mass is 79.9. The Labute approximate surface area is 154 Å². The standard InChI is InChI=1S/C19H19BrN2O3/c1-25-18(24)19-7-6-15(20)13(9-19)11-22(19)17(23)8-12-10-21-16-5-3-2-4-14(12)16/h2-7,10,13,15,21H,8-9,11H2,1H3/t13-,15+,19+/m0/s1. The first kappa shape index (κ1) is 16.4. The van der Waals surface area contributed by atoms with Gasteiger partial charge in [-0.3, -0.25) is 4.79 Å². The van der Waals surface area contributed by atoms with Crippen molar-refractivity contribution < 1.29 is 14.3 Å². The molecule has 130 valence electrons. The molecule has 1 amide bonds. The van der Waals surface area contributed by atoms with E-state index in [1.165, 1.54) is 7.11 Å². The molecule has 5 nitrogen and oxygen atoms in total. The van der Waals surface area contributed by atoms with E-state index in [2.05, 4.69) is 20.9 Å². The molecule has 1 aromatic heterocycles. The summed E-state index contributed by atoms with van der Waals surface area (Å²) in [7, 11) is 1.38. The number of alkyl halides is 1. The van der Waals surface area contributed by atoms with Crippen LogP contribution in [-0.2, 0) is 20.7 Å². The number of carbonyl (C=O) groups excluding carboxylic acids is 2. The number of H-pyrrole nitrogens is 1. The number of carbonyl (C=O) groups is 2. The van der Waals surface area contributed by atoms with Crippen LogP contribution in [0.1, 0.15) is 12.0 Å². The summed E-state index contributed by atoms with van der Waals surface area (Å²) in [5.41, 5.74) is 0.988. The Morgan fingerprint density at radius 3 is 3.00 bits per heavy atom. The van der Waals surface area contributed by atoms with Gasteiger partial charge in [0.15, 0.2) is 5.54 Å². The summed E-state index contributed by atoms with van der Waals surface area (Å²) >= 11 is 3.62. The number of likely N-dealkylation sites (tertiary alicyclic amines) is 1. The highest BCUT2D eigenvalue weighted by Crippen LogP contribution is 2.43. The van der Waals surface area contributed by atoms with Crippen LogP contribution in [0.15, 0.2) is 42.6 Å². The first-order chi connectivity index (χ1) is 12.0. The minimum Gasteiger partial charge on any atom is -0.467 e. The van der Waals surface area contributed by atoms with E-state index in [4.69, 9.17) is 4.74 Å². The van der Waals surface area contributed by atoms with E-state index in [9.17, 15) is 9.59 Å². The third kappa shape index (κ3) is 2.51. The Balaban J connectivity index is 1.65. The Hall–Kier alpha value is -2.08. The predicted molar refractivity (Wildman–Crippen MR) is 98.4 cm³/mol. The zero-order valence-electron chi connectivity index (χ0n) is 13.9. The van der Waals surface area contributed by atoms with Crippen molar-refractivity contribution in [2.24, 2.45) is 5.92 Å². The molecule has 1 aliphatic carbocycles. The van der Waals surface area contributed by atoms with Crippen LogP contribution in [0.2, 0.25) is 0 Å². The van der Waals surface area contributed by atoms with E-state index in [1.54, 1.807) is 4.90 Å². The van der Waals surface area contributed by atoms with Gasteiger partial charge in [-0.25, -0.2) is 4.79 Å². The maximum atomic E-state index is 13.1. The molecular formula is C19H19BrN2O3. The molecule has 0 spiro atoms. The van der Waals surface area contributed by atoms with Crippen LogP contribution in [0.25, 0.3) is 10.9 Å². The molecule has 1 aliphatic heterocycles. The van der Waals surface area contributed by atoms with Gasteiger partial charge < -0.3 is 14.6 Å². The van der Waals surface area contributed by atoms with Crippen LogP contribution in [0.4, 0.5) is 0 Å². The lowest BCUT2D eigenvalue weighted by Gasteiger charge is -2.34. The average molecular weight is 403 g/mol. The van der Waals surface area contributed by atoms with Crippen LogP contribution in [-0.4, -0.2) is 45.8 Å². The number of para-hydroxylation sites is 1. The van der Waals surface area contributed by atoms with Crippen molar-refractivity contribution in [2.75, 3.05) is 13.7 Å². The summed E-state index contributed by atoms with van der Waals surface area (Å²) in [4.78, 5) is 30.7. The molecule has 2 bridgehead atoms. The second kappa shape index (κ2) is 6.02. The quantitative estimate of drug-likeness (QED) is 0.487. The monoisotopic (exact) mass is 402 g/mol. The van der Waals surface area contributed by atoms with Gasteiger partial charge in [0.25, 0.3) is 0 Å². The molecule has 2 aliphatic rings. The fourth-order valence-electron chi connectivity index (χ4n) is 4.05. The predicted octanol–water partition coefficient (Wildman–Crippen LogP) is 2.80. The van der Waals surface area contributed by atoms with Crippen LogP contribution < -0.4 is 0 Å². The van der Waals surface area contributed by atoms with Gasteiger partial charge >= 0.3 is 5.97 Å². The molecule has 1 N–H and O–H groups in total. The van der Waals surface area contributed by atoms with Crippen LogP contribution >= 0.6 is 15.9 Å². The third-order valence-electron chi connectivity index (χ3n) is 5.33. The SMILES string of the molecule is COC(=O)[C@]12C=C[C@@H](Br)[C@H](CN1C(=O)Cc1c[nH]c3ccccc13)C2. The number of nitrogens with one attached hydrogen (secondary N) is 1. The molecule has 4 rings (SSSR count). The number of aromatic amines is 1. The zero-order valence-corrected chi connectivity index (χ0v) is 15.5. The number of amides is 1. The smallest absolute Gasteiger partial charge is 0.335 e. The van der Waals surface area contributed by atoms with Crippen LogP contribution in [0.3, 0.4) is 0 Å². The van der Waals surface area contributed by atoms with Crippen molar-refractivity contribution in [3.63, 3.8) is 0 Å².